The first kappa shape index (κ1) is 19.0. The molecule has 0 bridgehead atoms. The van der Waals surface area contributed by atoms with Gasteiger partial charge >= 0.3 is 0 Å². The Kier molecular flexibility index (Phi) is 5.94. The van der Waals surface area contributed by atoms with Crippen molar-refractivity contribution in [3.8, 4) is 0 Å². The molecule has 1 heterocycles. The van der Waals surface area contributed by atoms with E-state index in [-0.39, 0.29) is 11.8 Å². The number of carbonyl (C=O) groups is 1. The van der Waals surface area contributed by atoms with Gasteiger partial charge < -0.3 is 5.32 Å². The van der Waals surface area contributed by atoms with Crippen LogP contribution in [0.3, 0.4) is 0 Å². The summed E-state index contributed by atoms with van der Waals surface area (Å²) < 4.78 is 0. The van der Waals surface area contributed by atoms with Gasteiger partial charge in [-0.1, -0.05) is 72.3 Å². The van der Waals surface area contributed by atoms with Crippen LogP contribution in [0.1, 0.15) is 24.0 Å². The monoisotopic (exact) mass is 392 g/mol. The van der Waals surface area contributed by atoms with Crippen molar-refractivity contribution >= 4 is 28.3 Å². The molecule has 4 rings (SSSR count). The Bertz CT molecular complexity index is 966. The minimum atomic E-state index is 0.0335. The zero-order chi connectivity index (χ0) is 19.3. The van der Waals surface area contributed by atoms with Crippen molar-refractivity contribution in [1.82, 2.24) is 10.2 Å². The van der Waals surface area contributed by atoms with Crippen LogP contribution in [0.5, 0.6) is 0 Å². The van der Waals surface area contributed by atoms with Gasteiger partial charge in [-0.3, -0.25) is 9.69 Å². The van der Waals surface area contributed by atoms with Crippen molar-refractivity contribution in [3.63, 3.8) is 0 Å². The predicted octanol–water partition coefficient (Wildman–Crippen LogP) is 5.02. The number of rotatable bonds is 5. The van der Waals surface area contributed by atoms with Gasteiger partial charge in [-0.2, -0.15) is 0 Å². The highest BCUT2D eigenvalue weighted by Crippen LogP contribution is 2.24. The van der Waals surface area contributed by atoms with Crippen molar-refractivity contribution < 1.29 is 4.79 Å². The van der Waals surface area contributed by atoms with Crippen LogP contribution in [0.25, 0.3) is 10.8 Å². The Morgan fingerprint density at radius 1 is 1.00 bits per heavy atom. The quantitative estimate of drug-likeness (QED) is 0.661. The van der Waals surface area contributed by atoms with E-state index in [0.29, 0.717) is 11.6 Å². The Labute approximate surface area is 171 Å². The Morgan fingerprint density at radius 3 is 2.64 bits per heavy atom. The fraction of sp³-hybridized carbons (Fsp3) is 0.292. The predicted molar refractivity (Wildman–Crippen MR) is 115 cm³/mol. The molecule has 0 saturated carbocycles. The van der Waals surface area contributed by atoms with Crippen LogP contribution in [0, 0.1) is 5.92 Å². The number of nitrogens with zero attached hydrogens (tertiary/aromatic N) is 1. The number of nitrogens with one attached hydrogen (secondary N) is 1. The largest absolute Gasteiger partial charge is 0.352 e. The third-order valence-electron chi connectivity index (χ3n) is 5.56. The molecular formula is C24H25ClN2O. The molecule has 1 N–H and O–H groups in total. The normalized spacial score (nSPS) is 17.5. The highest BCUT2D eigenvalue weighted by Gasteiger charge is 2.26. The van der Waals surface area contributed by atoms with Gasteiger partial charge in [0.2, 0.25) is 5.91 Å². The number of benzene rings is 3. The Balaban J connectivity index is 1.38. The lowest BCUT2D eigenvalue weighted by Crippen LogP contribution is -2.42. The van der Waals surface area contributed by atoms with Crippen molar-refractivity contribution in [2.24, 2.45) is 5.92 Å². The van der Waals surface area contributed by atoms with Gasteiger partial charge in [-0.05, 0) is 47.4 Å². The topological polar surface area (TPSA) is 32.3 Å². The maximum Gasteiger partial charge on any atom is 0.224 e. The number of amides is 1. The standard InChI is InChI=1S/C24H25ClN2O/c25-23-13-4-2-8-19(23)15-26-24(28)21-11-6-14-27(17-21)16-20-10-5-9-18-7-1-3-12-22(18)20/h1-5,7-10,12-13,21H,6,11,14-17H2,(H,26,28). The number of carbonyl (C=O) groups excluding carboxylic acids is 1. The van der Waals surface area contributed by atoms with Gasteiger partial charge in [-0.25, -0.2) is 0 Å². The summed E-state index contributed by atoms with van der Waals surface area (Å²) in [6.45, 7) is 3.21. The van der Waals surface area contributed by atoms with Gasteiger partial charge in [-0.15, -0.1) is 0 Å². The first-order chi connectivity index (χ1) is 13.7. The molecule has 1 aliphatic heterocycles. The summed E-state index contributed by atoms with van der Waals surface area (Å²) >= 11 is 6.20. The molecule has 0 aromatic heterocycles. The minimum Gasteiger partial charge on any atom is -0.352 e. The molecule has 1 amide bonds. The fourth-order valence-electron chi connectivity index (χ4n) is 4.05. The van der Waals surface area contributed by atoms with E-state index in [1.807, 2.05) is 24.3 Å². The third-order valence-corrected chi connectivity index (χ3v) is 5.93. The highest BCUT2D eigenvalue weighted by atomic mass is 35.5. The van der Waals surface area contributed by atoms with Crippen molar-refractivity contribution in [3.05, 3.63) is 82.9 Å². The van der Waals surface area contributed by atoms with Crippen molar-refractivity contribution in [2.75, 3.05) is 13.1 Å². The summed E-state index contributed by atoms with van der Waals surface area (Å²) in [6, 6.07) is 22.6. The van der Waals surface area contributed by atoms with E-state index in [1.54, 1.807) is 0 Å². The van der Waals surface area contributed by atoms with Crippen LogP contribution in [0.15, 0.2) is 66.7 Å². The molecule has 3 aromatic carbocycles. The van der Waals surface area contributed by atoms with E-state index in [4.69, 9.17) is 11.6 Å². The summed E-state index contributed by atoms with van der Waals surface area (Å²) in [7, 11) is 0. The first-order valence-electron chi connectivity index (χ1n) is 9.91. The lowest BCUT2D eigenvalue weighted by molar-refractivity contribution is -0.126. The maximum atomic E-state index is 12.7. The molecule has 1 saturated heterocycles. The molecule has 3 aromatic rings. The van der Waals surface area contributed by atoms with Crippen LogP contribution in [-0.2, 0) is 17.9 Å². The molecule has 1 aliphatic rings. The molecular weight excluding hydrogens is 368 g/mol. The molecule has 144 valence electrons. The summed E-state index contributed by atoms with van der Waals surface area (Å²) in [5.74, 6) is 0.161. The molecule has 4 heteroatoms. The molecule has 0 spiro atoms. The van der Waals surface area contributed by atoms with E-state index in [0.717, 1.165) is 38.0 Å². The average molecular weight is 393 g/mol. The van der Waals surface area contributed by atoms with Crippen LogP contribution >= 0.6 is 11.6 Å². The zero-order valence-corrected chi connectivity index (χ0v) is 16.7. The van der Waals surface area contributed by atoms with Crippen LogP contribution in [0.2, 0.25) is 5.02 Å². The minimum absolute atomic E-state index is 0.0335. The number of likely N-dealkylation sites (tertiary alicyclic amines) is 1. The smallest absolute Gasteiger partial charge is 0.224 e. The summed E-state index contributed by atoms with van der Waals surface area (Å²) in [5.41, 5.74) is 2.29. The first-order valence-corrected chi connectivity index (χ1v) is 10.3. The van der Waals surface area contributed by atoms with Gasteiger partial charge in [0.15, 0.2) is 0 Å². The van der Waals surface area contributed by atoms with Crippen molar-refractivity contribution in [2.45, 2.75) is 25.9 Å². The second kappa shape index (κ2) is 8.76. The zero-order valence-electron chi connectivity index (χ0n) is 15.9. The highest BCUT2D eigenvalue weighted by molar-refractivity contribution is 6.31. The summed E-state index contributed by atoms with van der Waals surface area (Å²) in [4.78, 5) is 15.1. The lowest BCUT2D eigenvalue weighted by atomic mass is 9.96. The number of piperidine rings is 1. The molecule has 3 nitrogen and oxygen atoms in total. The number of halogens is 1. The van der Waals surface area contributed by atoms with Crippen molar-refractivity contribution in [1.29, 1.82) is 0 Å². The lowest BCUT2D eigenvalue weighted by Gasteiger charge is -2.32. The number of hydrogen-bond donors (Lipinski definition) is 1. The molecule has 1 unspecified atom stereocenters. The van der Waals surface area contributed by atoms with Gasteiger partial charge in [0.05, 0.1) is 5.92 Å². The van der Waals surface area contributed by atoms with Crippen LogP contribution < -0.4 is 5.32 Å². The van der Waals surface area contributed by atoms with Crippen LogP contribution in [-0.4, -0.2) is 23.9 Å². The fourth-order valence-corrected chi connectivity index (χ4v) is 4.26. The molecule has 0 radical (unpaired) electrons. The van der Waals surface area contributed by atoms with E-state index in [1.165, 1.54) is 16.3 Å². The van der Waals surface area contributed by atoms with Crippen LogP contribution in [0.4, 0.5) is 0 Å². The summed E-state index contributed by atoms with van der Waals surface area (Å²) in [6.07, 6.45) is 2.00. The number of hydrogen-bond acceptors (Lipinski definition) is 2. The van der Waals surface area contributed by atoms with Gasteiger partial charge in [0, 0.05) is 24.7 Å². The Hall–Kier alpha value is -2.36. The average Bonchev–Trinajstić information content (AvgIpc) is 2.73. The van der Waals surface area contributed by atoms with E-state index >= 15 is 0 Å². The second-order valence-electron chi connectivity index (χ2n) is 7.52. The Morgan fingerprint density at radius 2 is 1.75 bits per heavy atom. The molecule has 0 aliphatic carbocycles. The van der Waals surface area contributed by atoms with E-state index < -0.39 is 0 Å². The molecule has 28 heavy (non-hydrogen) atoms. The third kappa shape index (κ3) is 4.37. The number of fused-ring (bicyclic) bond motifs is 1. The van der Waals surface area contributed by atoms with E-state index in [2.05, 4.69) is 52.7 Å². The SMILES string of the molecule is O=C(NCc1ccccc1Cl)C1CCCN(Cc2cccc3ccccc23)C1. The maximum absolute atomic E-state index is 12.7. The summed E-state index contributed by atoms with van der Waals surface area (Å²) in [5, 5.41) is 6.34. The molecule has 1 atom stereocenters. The molecule has 1 fully saturated rings. The van der Waals surface area contributed by atoms with Gasteiger partial charge in [0.1, 0.15) is 0 Å². The van der Waals surface area contributed by atoms with Gasteiger partial charge in [0.25, 0.3) is 0 Å². The van der Waals surface area contributed by atoms with E-state index in [9.17, 15) is 4.79 Å². The second-order valence-corrected chi connectivity index (χ2v) is 7.93.